The number of fused-ring (bicyclic) bond motifs is 5. The first-order chi connectivity index (χ1) is 17.4. The number of anilines is 1. The van der Waals surface area contributed by atoms with Crippen molar-refractivity contribution in [1.29, 1.82) is 0 Å². The molecule has 3 heterocycles. The number of benzene rings is 3. The summed E-state index contributed by atoms with van der Waals surface area (Å²) in [6.07, 6.45) is 1.64. The minimum Gasteiger partial charge on any atom is -0.292 e. The summed E-state index contributed by atoms with van der Waals surface area (Å²) >= 11 is 6.00. The summed E-state index contributed by atoms with van der Waals surface area (Å²) < 4.78 is 0. The first-order valence-electron chi connectivity index (χ1n) is 11.2. The Hall–Kier alpha value is -4.37. The monoisotopic (exact) mass is 500 g/mol. The Morgan fingerprint density at radius 1 is 0.917 bits per heavy atom. The van der Waals surface area contributed by atoms with Gasteiger partial charge in [0.2, 0.25) is 11.8 Å². The van der Waals surface area contributed by atoms with Gasteiger partial charge < -0.3 is 0 Å². The van der Waals surface area contributed by atoms with Crippen LogP contribution in [0, 0.1) is 22.0 Å². The van der Waals surface area contributed by atoms with E-state index in [2.05, 4.69) is 5.10 Å². The molecule has 6 rings (SSSR count). The van der Waals surface area contributed by atoms with E-state index < -0.39 is 40.7 Å². The Labute approximate surface area is 209 Å². The molecule has 3 aromatic carbocycles. The molecule has 10 heteroatoms. The van der Waals surface area contributed by atoms with Crippen molar-refractivity contribution in [3.8, 4) is 0 Å². The first-order valence-corrected chi connectivity index (χ1v) is 11.6. The molecule has 0 radical (unpaired) electrons. The number of nitro groups is 1. The summed E-state index contributed by atoms with van der Waals surface area (Å²) in [7, 11) is 0. The zero-order valence-corrected chi connectivity index (χ0v) is 19.3. The number of nitrogens with zero attached hydrogens (tertiary/aromatic N) is 4. The fourth-order valence-corrected chi connectivity index (χ4v) is 5.56. The van der Waals surface area contributed by atoms with Crippen molar-refractivity contribution >= 4 is 46.8 Å². The number of non-ortho nitro benzene ring substituents is 1. The molecular formula is C26H17ClN4O5. The predicted molar refractivity (Wildman–Crippen MR) is 131 cm³/mol. The number of nitro benzene ring substituents is 1. The highest BCUT2D eigenvalue weighted by Gasteiger charge is 2.65. The Balaban J connectivity index is 1.47. The molecule has 36 heavy (non-hydrogen) atoms. The lowest BCUT2D eigenvalue weighted by Crippen LogP contribution is -2.44. The zero-order valence-electron chi connectivity index (χ0n) is 18.5. The maximum absolute atomic E-state index is 13.8. The molecule has 0 saturated carbocycles. The molecular weight excluding hydrogens is 484 g/mol. The third-order valence-corrected chi connectivity index (χ3v) is 7.26. The standard InChI is InChI=1S/C26H17ClN4O5/c27-16-7-5-14(6-8-16)24(32)23-21-20(22-19-4-2-1-3-15(19)13-28-30(22)23)25(33)29(26(21)34)17-9-11-18(12-10-17)31(35)36/h1-13,20-23H/t20-,21+,22-,23-/m0/s1. The minimum absolute atomic E-state index is 0.157. The van der Waals surface area contributed by atoms with E-state index in [4.69, 9.17) is 11.6 Å². The van der Waals surface area contributed by atoms with Crippen LogP contribution in [0.15, 0.2) is 77.9 Å². The molecule has 3 aliphatic rings. The second kappa shape index (κ2) is 8.10. The molecule has 2 saturated heterocycles. The number of ketones is 1. The number of hydrogen-bond donors (Lipinski definition) is 0. The molecule has 9 nitrogen and oxygen atoms in total. The topological polar surface area (TPSA) is 113 Å². The average molecular weight is 501 g/mol. The second-order valence-corrected chi connectivity index (χ2v) is 9.29. The van der Waals surface area contributed by atoms with Crippen molar-refractivity contribution in [2.24, 2.45) is 16.9 Å². The fourth-order valence-electron chi connectivity index (χ4n) is 5.43. The Morgan fingerprint density at radius 3 is 2.28 bits per heavy atom. The molecule has 2 fully saturated rings. The van der Waals surface area contributed by atoms with E-state index >= 15 is 0 Å². The van der Waals surface area contributed by atoms with Crippen molar-refractivity contribution < 1.29 is 19.3 Å². The van der Waals surface area contributed by atoms with E-state index in [0.29, 0.717) is 10.6 Å². The quantitative estimate of drug-likeness (QED) is 0.231. The highest BCUT2D eigenvalue weighted by molar-refractivity contribution is 6.30. The van der Waals surface area contributed by atoms with Crippen molar-refractivity contribution in [1.82, 2.24) is 5.01 Å². The number of Topliss-reactive ketones (excluding diaryl/α,β-unsaturated/α-hetero) is 1. The average Bonchev–Trinajstić information content (AvgIpc) is 3.36. The van der Waals surface area contributed by atoms with Gasteiger partial charge in [-0.2, -0.15) is 5.10 Å². The van der Waals surface area contributed by atoms with Crippen LogP contribution in [0.25, 0.3) is 0 Å². The maximum Gasteiger partial charge on any atom is 0.269 e. The Morgan fingerprint density at radius 2 is 1.58 bits per heavy atom. The number of carbonyl (C=O) groups is 3. The number of carbonyl (C=O) groups excluding carboxylic acids is 3. The number of hydrogen-bond acceptors (Lipinski definition) is 7. The molecule has 4 atom stereocenters. The van der Waals surface area contributed by atoms with Crippen LogP contribution in [0.5, 0.6) is 0 Å². The van der Waals surface area contributed by atoms with Crippen LogP contribution in [0.2, 0.25) is 5.02 Å². The lowest BCUT2D eigenvalue weighted by molar-refractivity contribution is -0.384. The fraction of sp³-hybridized carbons (Fsp3) is 0.154. The molecule has 3 aliphatic heterocycles. The minimum atomic E-state index is -1.01. The molecule has 0 spiro atoms. The summed E-state index contributed by atoms with van der Waals surface area (Å²) in [4.78, 5) is 52.9. The van der Waals surface area contributed by atoms with Crippen molar-refractivity contribution in [2.75, 3.05) is 4.90 Å². The van der Waals surface area contributed by atoms with Gasteiger partial charge in [-0.3, -0.25) is 29.5 Å². The van der Waals surface area contributed by atoms with Gasteiger partial charge in [0.25, 0.3) is 5.69 Å². The van der Waals surface area contributed by atoms with Crippen LogP contribution in [0.4, 0.5) is 11.4 Å². The van der Waals surface area contributed by atoms with Crippen LogP contribution < -0.4 is 4.90 Å². The van der Waals surface area contributed by atoms with Gasteiger partial charge in [-0.15, -0.1) is 0 Å². The van der Waals surface area contributed by atoms with E-state index in [9.17, 15) is 24.5 Å². The predicted octanol–water partition coefficient (Wildman–Crippen LogP) is 4.01. The van der Waals surface area contributed by atoms with Crippen LogP contribution in [-0.2, 0) is 9.59 Å². The molecule has 0 aliphatic carbocycles. The molecule has 3 aromatic rings. The van der Waals surface area contributed by atoms with Gasteiger partial charge in [-0.05, 0) is 47.5 Å². The molecule has 0 bridgehead atoms. The van der Waals surface area contributed by atoms with Gasteiger partial charge in [0.1, 0.15) is 6.04 Å². The summed E-state index contributed by atoms with van der Waals surface area (Å²) in [5, 5.41) is 17.6. The highest BCUT2D eigenvalue weighted by atomic mass is 35.5. The van der Waals surface area contributed by atoms with E-state index in [0.717, 1.165) is 16.0 Å². The molecule has 0 unspecified atom stereocenters. The smallest absolute Gasteiger partial charge is 0.269 e. The van der Waals surface area contributed by atoms with Gasteiger partial charge in [0, 0.05) is 22.7 Å². The van der Waals surface area contributed by atoms with Gasteiger partial charge in [-0.25, -0.2) is 4.90 Å². The largest absolute Gasteiger partial charge is 0.292 e. The van der Waals surface area contributed by atoms with E-state index in [1.165, 1.54) is 24.3 Å². The van der Waals surface area contributed by atoms with Crippen molar-refractivity contribution in [2.45, 2.75) is 12.1 Å². The molecule has 2 amide bonds. The molecule has 0 aromatic heterocycles. The normalized spacial score (nSPS) is 23.9. The maximum atomic E-state index is 13.8. The van der Waals surface area contributed by atoms with Gasteiger partial charge in [0.15, 0.2) is 5.78 Å². The Bertz CT molecular complexity index is 1470. The summed E-state index contributed by atoms with van der Waals surface area (Å²) in [5.74, 6) is -3.18. The lowest BCUT2D eigenvalue weighted by Gasteiger charge is -2.33. The van der Waals surface area contributed by atoms with Crippen molar-refractivity contribution in [3.05, 3.63) is 105 Å². The Kier molecular flexibility index (Phi) is 4.97. The van der Waals surface area contributed by atoms with Gasteiger partial charge in [-0.1, -0.05) is 35.9 Å². The molecule has 0 N–H and O–H groups in total. The van der Waals surface area contributed by atoms with Gasteiger partial charge in [0.05, 0.1) is 34.7 Å². The number of amides is 2. The lowest BCUT2D eigenvalue weighted by atomic mass is 9.83. The van der Waals surface area contributed by atoms with Crippen molar-refractivity contribution in [3.63, 3.8) is 0 Å². The van der Waals surface area contributed by atoms with Crippen LogP contribution in [-0.4, -0.2) is 39.8 Å². The van der Waals surface area contributed by atoms with Crippen LogP contribution in [0.3, 0.4) is 0 Å². The second-order valence-electron chi connectivity index (χ2n) is 8.85. The highest BCUT2D eigenvalue weighted by Crippen LogP contribution is 2.53. The van der Waals surface area contributed by atoms with Crippen LogP contribution in [0.1, 0.15) is 27.5 Å². The van der Waals surface area contributed by atoms with Crippen LogP contribution >= 0.6 is 11.6 Å². The third-order valence-electron chi connectivity index (χ3n) is 7.01. The summed E-state index contributed by atoms with van der Waals surface area (Å²) in [6, 6.07) is 17.4. The number of imide groups is 1. The van der Waals surface area contributed by atoms with Gasteiger partial charge >= 0.3 is 0 Å². The van der Waals surface area contributed by atoms with E-state index in [1.54, 1.807) is 35.5 Å². The zero-order chi connectivity index (χ0) is 25.1. The SMILES string of the molecule is O=C(c1ccc(Cl)cc1)[C@@H]1[C@@H]2C(=O)N(c3ccc([N+](=O)[O-])cc3)C(=O)[C@@H]2[C@@H]2c3ccccc3C=NN12. The van der Waals surface area contributed by atoms with E-state index in [-0.39, 0.29) is 17.2 Å². The van der Waals surface area contributed by atoms with E-state index in [1.807, 2.05) is 24.3 Å². The number of hydrazone groups is 1. The number of rotatable bonds is 4. The third kappa shape index (κ3) is 3.16. The first kappa shape index (κ1) is 22.1. The summed E-state index contributed by atoms with van der Waals surface area (Å²) in [5.41, 5.74) is 2.04. The number of halogens is 1. The molecule has 178 valence electrons. The summed E-state index contributed by atoms with van der Waals surface area (Å²) in [6.45, 7) is 0.